The van der Waals surface area contributed by atoms with Gasteiger partial charge in [0.2, 0.25) is 0 Å². The van der Waals surface area contributed by atoms with E-state index in [-0.39, 0.29) is 5.78 Å². The van der Waals surface area contributed by atoms with E-state index in [4.69, 9.17) is 4.74 Å². The summed E-state index contributed by atoms with van der Waals surface area (Å²) in [6, 6.07) is 1.78. The number of Topliss-reactive ketones (excluding diaryl/α,β-unsaturated/α-hetero) is 1. The van der Waals surface area contributed by atoms with E-state index in [0.29, 0.717) is 11.3 Å². The molecule has 0 fully saturated rings. The Labute approximate surface area is 122 Å². The molecule has 112 valence electrons. The lowest BCUT2D eigenvalue weighted by molar-refractivity contribution is 0.0534. The Hall–Kier alpha value is -1.42. The zero-order valence-corrected chi connectivity index (χ0v) is 13.3. The molecule has 0 saturated heterocycles. The van der Waals surface area contributed by atoms with Gasteiger partial charge in [-0.15, -0.1) is 0 Å². The standard InChI is InChI=1S/C16H26N2O2/c1-6-16(7-2,18(8-3)9-4)15(19)13-10-14(20-5)12-17-11-13/h10-12H,6-9H2,1-5H3. The van der Waals surface area contributed by atoms with Crippen molar-refractivity contribution in [1.82, 2.24) is 9.88 Å². The van der Waals surface area contributed by atoms with E-state index >= 15 is 0 Å². The number of carbonyl (C=O) groups excluding carboxylic acids is 1. The van der Waals surface area contributed by atoms with Gasteiger partial charge in [0.25, 0.3) is 0 Å². The number of ketones is 1. The molecule has 0 amide bonds. The Bertz CT molecular complexity index is 438. The minimum atomic E-state index is -0.447. The number of hydrogen-bond donors (Lipinski definition) is 0. The SMILES string of the molecule is CCN(CC)C(CC)(CC)C(=O)c1cncc(OC)c1. The van der Waals surface area contributed by atoms with Crippen molar-refractivity contribution in [1.29, 1.82) is 0 Å². The average Bonchev–Trinajstić information content (AvgIpc) is 2.52. The summed E-state index contributed by atoms with van der Waals surface area (Å²) >= 11 is 0. The zero-order chi connectivity index (χ0) is 15.2. The summed E-state index contributed by atoms with van der Waals surface area (Å²) in [5.41, 5.74) is 0.178. The third-order valence-corrected chi connectivity index (χ3v) is 4.17. The Balaban J connectivity index is 3.22. The van der Waals surface area contributed by atoms with Crippen LogP contribution < -0.4 is 4.74 Å². The second kappa shape index (κ2) is 7.39. The first-order chi connectivity index (χ1) is 9.59. The second-order valence-corrected chi connectivity index (χ2v) is 4.85. The highest BCUT2D eigenvalue weighted by molar-refractivity contribution is 6.03. The van der Waals surface area contributed by atoms with E-state index < -0.39 is 5.54 Å². The normalized spacial score (nSPS) is 11.7. The molecule has 0 aliphatic carbocycles. The van der Waals surface area contributed by atoms with Crippen LogP contribution in [0.2, 0.25) is 0 Å². The maximum absolute atomic E-state index is 13.0. The molecule has 4 nitrogen and oxygen atoms in total. The first kappa shape index (κ1) is 16.6. The molecule has 1 heterocycles. The van der Waals surface area contributed by atoms with Gasteiger partial charge in [0, 0.05) is 11.8 Å². The lowest BCUT2D eigenvalue weighted by Gasteiger charge is -2.41. The molecule has 1 aromatic heterocycles. The fourth-order valence-corrected chi connectivity index (χ4v) is 2.91. The summed E-state index contributed by atoms with van der Waals surface area (Å²) in [6.45, 7) is 10.1. The van der Waals surface area contributed by atoms with Gasteiger partial charge in [-0.05, 0) is 32.0 Å². The number of hydrogen-bond acceptors (Lipinski definition) is 4. The highest BCUT2D eigenvalue weighted by Gasteiger charge is 2.39. The predicted molar refractivity (Wildman–Crippen MR) is 81.4 cm³/mol. The molecule has 4 heteroatoms. The molecule has 0 aromatic carbocycles. The number of pyridine rings is 1. The van der Waals surface area contributed by atoms with Crippen LogP contribution in [-0.4, -0.2) is 41.4 Å². The van der Waals surface area contributed by atoms with Gasteiger partial charge in [-0.1, -0.05) is 27.7 Å². The van der Waals surface area contributed by atoms with Crippen molar-refractivity contribution in [3.05, 3.63) is 24.0 Å². The van der Waals surface area contributed by atoms with Crippen LogP contribution in [0.15, 0.2) is 18.5 Å². The highest BCUT2D eigenvalue weighted by atomic mass is 16.5. The minimum Gasteiger partial charge on any atom is -0.495 e. The molecular weight excluding hydrogens is 252 g/mol. The van der Waals surface area contributed by atoms with Crippen LogP contribution in [-0.2, 0) is 0 Å². The van der Waals surface area contributed by atoms with E-state index in [2.05, 4.69) is 37.6 Å². The molecule has 0 unspecified atom stereocenters. The zero-order valence-electron chi connectivity index (χ0n) is 13.3. The molecule has 0 aliphatic heterocycles. The maximum Gasteiger partial charge on any atom is 0.184 e. The Morgan fingerprint density at radius 2 is 1.80 bits per heavy atom. The molecule has 0 radical (unpaired) electrons. The maximum atomic E-state index is 13.0. The van der Waals surface area contributed by atoms with Crippen molar-refractivity contribution in [2.24, 2.45) is 0 Å². The van der Waals surface area contributed by atoms with Gasteiger partial charge in [0.1, 0.15) is 5.75 Å². The van der Waals surface area contributed by atoms with Crippen molar-refractivity contribution >= 4 is 5.78 Å². The summed E-state index contributed by atoms with van der Waals surface area (Å²) in [5.74, 6) is 0.758. The molecular formula is C16H26N2O2. The highest BCUT2D eigenvalue weighted by Crippen LogP contribution is 2.29. The molecule has 0 aliphatic rings. The van der Waals surface area contributed by atoms with Crippen LogP contribution >= 0.6 is 0 Å². The van der Waals surface area contributed by atoms with E-state index in [9.17, 15) is 4.79 Å². The minimum absolute atomic E-state index is 0.137. The Morgan fingerprint density at radius 1 is 1.20 bits per heavy atom. The molecule has 1 rings (SSSR count). The molecule has 0 saturated carbocycles. The van der Waals surface area contributed by atoms with E-state index in [1.165, 1.54) is 0 Å². The van der Waals surface area contributed by atoms with Crippen molar-refractivity contribution < 1.29 is 9.53 Å². The molecule has 0 atom stereocenters. The lowest BCUT2D eigenvalue weighted by atomic mass is 9.83. The largest absolute Gasteiger partial charge is 0.495 e. The van der Waals surface area contributed by atoms with Gasteiger partial charge in [-0.2, -0.15) is 0 Å². The topological polar surface area (TPSA) is 42.4 Å². The Morgan fingerprint density at radius 3 is 2.25 bits per heavy atom. The number of carbonyl (C=O) groups is 1. The fourth-order valence-electron chi connectivity index (χ4n) is 2.91. The molecule has 1 aromatic rings. The lowest BCUT2D eigenvalue weighted by Crippen LogP contribution is -2.53. The van der Waals surface area contributed by atoms with Crippen LogP contribution in [0, 0.1) is 0 Å². The number of aromatic nitrogens is 1. The van der Waals surface area contributed by atoms with Gasteiger partial charge in [-0.25, -0.2) is 0 Å². The third kappa shape index (κ3) is 3.01. The quantitative estimate of drug-likeness (QED) is 0.685. The van der Waals surface area contributed by atoms with Gasteiger partial charge in [0.05, 0.1) is 18.8 Å². The summed E-state index contributed by atoms with van der Waals surface area (Å²) < 4.78 is 5.17. The van der Waals surface area contributed by atoms with Crippen LogP contribution in [0.1, 0.15) is 50.9 Å². The second-order valence-electron chi connectivity index (χ2n) is 4.85. The summed E-state index contributed by atoms with van der Waals surface area (Å²) in [6.07, 6.45) is 4.84. The van der Waals surface area contributed by atoms with Crippen LogP contribution in [0.4, 0.5) is 0 Å². The van der Waals surface area contributed by atoms with E-state index in [0.717, 1.165) is 25.9 Å². The van der Waals surface area contributed by atoms with Gasteiger partial charge in [0.15, 0.2) is 5.78 Å². The van der Waals surface area contributed by atoms with E-state index in [1.54, 1.807) is 25.6 Å². The third-order valence-electron chi connectivity index (χ3n) is 4.17. The Kier molecular flexibility index (Phi) is 6.14. The first-order valence-electron chi connectivity index (χ1n) is 7.38. The van der Waals surface area contributed by atoms with Crippen LogP contribution in [0.25, 0.3) is 0 Å². The van der Waals surface area contributed by atoms with Gasteiger partial charge >= 0.3 is 0 Å². The van der Waals surface area contributed by atoms with Crippen LogP contribution in [0.3, 0.4) is 0 Å². The first-order valence-corrected chi connectivity index (χ1v) is 7.38. The molecule has 0 spiro atoms. The summed E-state index contributed by atoms with van der Waals surface area (Å²) in [4.78, 5) is 19.4. The molecule has 20 heavy (non-hydrogen) atoms. The van der Waals surface area contributed by atoms with Crippen molar-refractivity contribution in [2.45, 2.75) is 46.1 Å². The summed E-state index contributed by atoms with van der Waals surface area (Å²) in [7, 11) is 1.59. The smallest absolute Gasteiger partial charge is 0.184 e. The van der Waals surface area contributed by atoms with Crippen LogP contribution in [0.5, 0.6) is 5.75 Å². The van der Waals surface area contributed by atoms with Crippen molar-refractivity contribution in [3.63, 3.8) is 0 Å². The molecule has 0 N–H and O–H groups in total. The predicted octanol–water partition coefficient (Wildman–Crippen LogP) is 3.17. The van der Waals surface area contributed by atoms with Crippen molar-refractivity contribution in [2.75, 3.05) is 20.2 Å². The number of ether oxygens (including phenoxy) is 1. The van der Waals surface area contributed by atoms with Gasteiger partial charge < -0.3 is 4.74 Å². The number of nitrogens with zero attached hydrogens (tertiary/aromatic N) is 2. The summed E-state index contributed by atoms with van der Waals surface area (Å²) in [5, 5.41) is 0. The van der Waals surface area contributed by atoms with Crippen molar-refractivity contribution in [3.8, 4) is 5.75 Å². The average molecular weight is 278 g/mol. The number of methoxy groups -OCH3 is 1. The number of likely N-dealkylation sites (N-methyl/N-ethyl adjacent to an activating group) is 1. The van der Waals surface area contributed by atoms with Gasteiger partial charge in [-0.3, -0.25) is 14.7 Å². The monoisotopic (exact) mass is 278 g/mol. The number of rotatable bonds is 8. The fraction of sp³-hybridized carbons (Fsp3) is 0.625. The van der Waals surface area contributed by atoms with E-state index in [1.807, 2.05) is 0 Å². The molecule has 0 bridgehead atoms.